The lowest BCUT2D eigenvalue weighted by molar-refractivity contribution is -0.117. The second kappa shape index (κ2) is 2.59. The molecule has 2 heteroatoms. The summed E-state index contributed by atoms with van der Waals surface area (Å²) in [6.45, 7) is 4.16. The van der Waals surface area contributed by atoms with E-state index in [1.54, 1.807) is 0 Å². The highest BCUT2D eigenvalue weighted by atomic mass is 16.1. The number of benzene rings is 1. The van der Waals surface area contributed by atoms with Crippen molar-refractivity contribution in [3.63, 3.8) is 0 Å². The standard InChI is InChI=1S/C11H12NO/c1-11(2)7-10(13)12-9-6-4-3-5-8(9)11/h3-5H,7H2,1-2H3,(H,12,13). The third-order valence-corrected chi connectivity index (χ3v) is 2.45. The minimum atomic E-state index is -0.0601. The molecular weight excluding hydrogens is 162 g/mol. The van der Waals surface area contributed by atoms with Gasteiger partial charge < -0.3 is 5.32 Å². The van der Waals surface area contributed by atoms with Crippen LogP contribution in [-0.4, -0.2) is 5.91 Å². The molecule has 0 unspecified atom stereocenters. The summed E-state index contributed by atoms with van der Waals surface area (Å²) >= 11 is 0. The molecule has 0 saturated carbocycles. The van der Waals surface area contributed by atoms with Gasteiger partial charge in [0.1, 0.15) is 0 Å². The first kappa shape index (κ1) is 8.30. The number of anilines is 1. The van der Waals surface area contributed by atoms with Crippen LogP contribution in [0.3, 0.4) is 0 Å². The fourth-order valence-electron chi connectivity index (χ4n) is 1.78. The molecule has 2 rings (SSSR count). The smallest absolute Gasteiger partial charge is 0.225 e. The van der Waals surface area contributed by atoms with Gasteiger partial charge in [-0.3, -0.25) is 4.79 Å². The second-order valence-electron chi connectivity index (χ2n) is 4.07. The summed E-state index contributed by atoms with van der Waals surface area (Å²) in [4.78, 5) is 11.3. The van der Waals surface area contributed by atoms with E-state index < -0.39 is 0 Å². The lowest BCUT2D eigenvalue weighted by Crippen LogP contribution is -2.32. The maximum Gasteiger partial charge on any atom is 0.225 e. The molecule has 67 valence electrons. The number of rotatable bonds is 0. The number of carbonyl (C=O) groups is 1. The number of fused-ring (bicyclic) bond motifs is 1. The zero-order chi connectivity index (χ0) is 9.47. The first-order chi connectivity index (χ1) is 6.09. The molecule has 0 bridgehead atoms. The number of nitrogens with one attached hydrogen (secondary N) is 1. The zero-order valence-electron chi connectivity index (χ0n) is 7.85. The van der Waals surface area contributed by atoms with E-state index in [4.69, 9.17) is 0 Å². The fraction of sp³-hybridized carbons (Fsp3) is 0.364. The van der Waals surface area contributed by atoms with Crippen LogP contribution in [0.4, 0.5) is 5.69 Å². The Morgan fingerprint density at radius 2 is 2.31 bits per heavy atom. The normalized spacial score (nSPS) is 19.1. The van der Waals surface area contributed by atoms with Gasteiger partial charge >= 0.3 is 0 Å². The van der Waals surface area contributed by atoms with Gasteiger partial charge in [0.25, 0.3) is 0 Å². The fourth-order valence-corrected chi connectivity index (χ4v) is 1.78. The minimum absolute atomic E-state index is 0.0601. The van der Waals surface area contributed by atoms with Crippen molar-refractivity contribution < 1.29 is 4.79 Å². The molecule has 0 aromatic heterocycles. The van der Waals surface area contributed by atoms with Crippen molar-refractivity contribution in [3.05, 3.63) is 29.8 Å². The molecular formula is C11H12NO. The van der Waals surface area contributed by atoms with Gasteiger partial charge in [-0.25, -0.2) is 0 Å². The summed E-state index contributed by atoms with van der Waals surface area (Å²) in [5, 5.41) is 2.82. The number of hydrogen-bond donors (Lipinski definition) is 1. The van der Waals surface area contributed by atoms with Crippen LogP contribution in [0.1, 0.15) is 25.8 Å². The second-order valence-corrected chi connectivity index (χ2v) is 4.07. The van der Waals surface area contributed by atoms with Crippen molar-refractivity contribution in [2.24, 2.45) is 0 Å². The summed E-state index contributed by atoms with van der Waals surface area (Å²) in [6, 6.07) is 8.87. The number of amides is 1. The average Bonchev–Trinajstić information content (AvgIpc) is 2.02. The first-order valence-corrected chi connectivity index (χ1v) is 4.41. The van der Waals surface area contributed by atoms with Crippen LogP contribution in [0, 0.1) is 6.07 Å². The van der Waals surface area contributed by atoms with Crippen molar-refractivity contribution in [3.8, 4) is 0 Å². The highest BCUT2D eigenvalue weighted by Gasteiger charge is 2.31. The molecule has 0 spiro atoms. The Bertz CT molecular complexity index is 355. The summed E-state index contributed by atoms with van der Waals surface area (Å²) in [5.74, 6) is 0.0833. The Hall–Kier alpha value is -1.31. The largest absolute Gasteiger partial charge is 0.325 e. The van der Waals surface area contributed by atoms with Gasteiger partial charge in [0.15, 0.2) is 0 Å². The molecule has 1 aliphatic heterocycles. The van der Waals surface area contributed by atoms with Crippen LogP contribution in [-0.2, 0) is 10.2 Å². The minimum Gasteiger partial charge on any atom is -0.325 e. The molecule has 0 saturated heterocycles. The van der Waals surface area contributed by atoms with Gasteiger partial charge in [0.2, 0.25) is 5.91 Å². The van der Waals surface area contributed by atoms with Crippen LogP contribution >= 0.6 is 0 Å². The average molecular weight is 174 g/mol. The topological polar surface area (TPSA) is 29.1 Å². The maximum atomic E-state index is 11.3. The van der Waals surface area contributed by atoms with Crippen molar-refractivity contribution in [2.75, 3.05) is 5.32 Å². The van der Waals surface area contributed by atoms with E-state index in [-0.39, 0.29) is 11.3 Å². The monoisotopic (exact) mass is 174 g/mol. The van der Waals surface area contributed by atoms with Crippen molar-refractivity contribution in [1.29, 1.82) is 0 Å². The molecule has 1 aliphatic rings. The van der Waals surface area contributed by atoms with E-state index in [2.05, 4.69) is 25.2 Å². The van der Waals surface area contributed by atoms with E-state index >= 15 is 0 Å². The van der Waals surface area contributed by atoms with Crippen molar-refractivity contribution in [2.45, 2.75) is 25.7 Å². The van der Waals surface area contributed by atoms with Crippen LogP contribution < -0.4 is 5.32 Å². The first-order valence-electron chi connectivity index (χ1n) is 4.41. The molecule has 1 aromatic carbocycles. The molecule has 1 amide bonds. The van der Waals surface area contributed by atoms with Gasteiger partial charge in [0, 0.05) is 17.9 Å². The van der Waals surface area contributed by atoms with Crippen LogP contribution in [0.2, 0.25) is 0 Å². The van der Waals surface area contributed by atoms with Crippen molar-refractivity contribution >= 4 is 11.6 Å². The summed E-state index contributed by atoms with van der Waals surface area (Å²) in [5.41, 5.74) is 1.95. The highest BCUT2D eigenvalue weighted by Crippen LogP contribution is 2.36. The lowest BCUT2D eigenvalue weighted by Gasteiger charge is -2.31. The van der Waals surface area contributed by atoms with E-state index in [9.17, 15) is 4.79 Å². The predicted octanol–water partition coefficient (Wildman–Crippen LogP) is 2.11. The van der Waals surface area contributed by atoms with Crippen LogP contribution in [0.5, 0.6) is 0 Å². The summed E-state index contributed by atoms with van der Waals surface area (Å²) < 4.78 is 0. The molecule has 0 aliphatic carbocycles. The molecule has 0 fully saturated rings. The SMILES string of the molecule is CC1(C)CC(=O)Nc2[c]cccc21. The van der Waals surface area contributed by atoms with Crippen LogP contribution in [0.25, 0.3) is 0 Å². The van der Waals surface area contributed by atoms with Crippen molar-refractivity contribution in [1.82, 2.24) is 0 Å². The zero-order valence-corrected chi connectivity index (χ0v) is 7.85. The summed E-state index contributed by atoms with van der Waals surface area (Å²) in [6.07, 6.45) is 0.553. The van der Waals surface area contributed by atoms with Gasteiger partial charge in [0.05, 0.1) is 5.69 Å². The number of carbonyl (C=O) groups excluding carboxylic acids is 1. The van der Waals surface area contributed by atoms with E-state index in [1.807, 2.05) is 18.2 Å². The number of para-hydroxylation sites is 1. The predicted molar refractivity (Wildman–Crippen MR) is 51.6 cm³/mol. The molecule has 13 heavy (non-hydrogen) atoms. The molecule has 0 atom stereocenters. The summed E-state index contributed by atoms with van der Waals surface area (Å²) in [7, 11) is 0. The Morgan fingerprint density at radius 3 is 3.08 bits per heavy atom. The van der Waals surface area contributed by atoms with E-state index in [0.29, 0.717) is 6.42 Å². The lowest BCUT2D eigenvalue weighted by atomic mass is 9.78. The quantitative estimate of drug-likeness (QED) is 0.641. The van der Waals surface area contributed by atoms with Gasteiger partial charge in [-0.05, 0) is 5.56 Å². The van der Waals surface area contributed by atoms with Crippen LogP contribution in [0.15, 0.2) is 18.2 Å². The maximum absolute atomic E-state index is 11.3. The highest BCUT2D eigenvalue weighted by molar-refractivity contribution is 5.95. The molecule has 1 aromatic rings. The molecule has 1 heterocycles. The molecule has 1 radical (unpaired) electrons. The molecule has 2 nitrogen and oxygen atoms in total. The Balaban J connectivity index is 2.56. The van der Waals surface area contributed by atoms with E-state index in [0.717, 1.165) is 5.69 Å². The molecule has 1 N–H and O–H groups in total. The Kier molecular flexibility index (Phi) is 1.65. The third kappa shape index (κ3) is 1.32. The third-order valence-electron chi connectivity index (χ3n) is 2.45. The Morgan fingerprint density at radius 1 is 1.54 bits per heavy atom. The van der Waals surface area contributed by atoms with E-state index in [1.165, 1.54) is 5.56 Å². The Labute approximate surface area is 78.0 Å². The van der Waals surface area contributed by atoms with Gasteiger partial charge in [-0.15, -0.1) is 0 Å². The van der Waals surface area contributed by atoms with Gasteiger partial charge in [-0.2, -0.15) is 0 Å². The number of hydrogen-bond acceptors (Lipinski definition) is 1. The van der Waals surface area contributed by atoms with Gasteiger partial charge in [-0.1, -0.05) is 32.0 Å².